The maximum absolute atomic E-state index is 2.52. The van der Waals surface area contributed by atoms with Crippen molar-refractivity contribution in [3.8, 4) is 11.1 Å². The van der Waals surface area contributed by atoms with Crippen LogP contribution in [0.3, 0.4) is 0 Å². The molecule has 1 fully saturated rings. The molecule has 3 aromatic carbocycles. The molecule has 1 heterocycles. The summed E-state index contributed by atoms with van der Waals surface area (Å²) in [5.74, 6) is 1.14. The normalized spacial score (nSPS) is 21.0. The molecule has 0 bridgehead atoms. The van der Waals surface area contributed by atoms with Gasteiger partial charge in [-0.2, -0.15) is 0 Å². The molecule has 0 radical (unpaired) electrons. The van der Waals surface area contributed by atoms with E-state index in [-0.39, 0.29) is 0 Å². The molecule has 3 aliphatic rings. The van der Waals surface area contributed by atoms with Crippen molar-refractivity contribution in [1.29, 1.82) is 0 Å². The third kappa shape index (κ3) is 4.75. The molecule has 33 heavy (non-hydrogen) atoms. The Labute approximate surface area is 213 Å². The summed E-state index contributed by atoms with van der Waals surface area (Å²) >= 11 is -0.519. The van der Waals surface area contributed by atoms with Gasteiger partial charge in [0.05, 0.1) is 0 Å². The van der Waals surface area contributed by atoms with E-state index in [4.69, 9.17) is 0 Å². The topological polar surface area (TPSA) is 0 Å². The fourth-order valence-corrected chi connectivity index (χ4v) is 11.2. The molecule has 0 amide bonds. The van der Waals surface area contributed by atoms with Gasteiger partial charge in [0.1, 0.15) is 0 Å². The average Bonchev–Trinajstić information content (AvgIpc) is 3.62. The first kappa shape index (κ1) is 23.0. The van der Waals surface area contributed by atoms with E-state index >= 15 is 0 Å². The van der Waals surface area contributed by atoms with Gasteiger partial charge in [0.25, 0.3) is 0 Å². The van der Waals surface area contributed by atoms with Gasteiger partial charge in [-0.25, -0.2) is 0 Å². The standard InChI is InChI=1S/C26H21.C4H10Si.CH3.Zr/c1-18-16-20-10-5-6-11-24(20)26(18)17-21-14-15-25-22(12-7-13-23(21)25)19-8-3-2-4-9-19;1-2-4-5-3-1;;/h2-17,21,26H,1H3;1-5H2;1H3;. The molecule has 0 saturated carbocycles. The first-order valence-electron chi connectivity index (χ1n) is 12.6. The molecule has 2 aliphatic carbocycles. The molecule has 2 heteroatoms. The monoisotopic (exact) mass is 524 g/mol. The van der Waals surface area contributed by atoms with Crippen LogP contribution in [0, 0.1) is 0 Å². The molecule has 0 aromatic heterocycles. The molecule has 1 saturated heterocycles. The molecule has 3 aromatic rings. The fraction of sp³-hybridized carbons (Fsp3) is 0.290. The Morgan fingerprint density at radius 3 is 2.30 bits per heavy atom. The van der Waals surface area contributed by atoms with Crippen molar-refractivity contribution in [2.24, 2.45) is 0 Å². The van der Waals surface area contributed by atoms with Gasteiger partial charge in [-0.1, -0.05) is 24.9 Å². The Morgan fingerprint density at radius 1 is 0.848 bits per heavy atom. The molecule has 6 rings (SSSR count). The molecule has 166 valence electrons. The minimum absolute atomic E-state index is 0.519. The second kappa shape index (κ2) is 10.7. The summed E-state index contributed by atoms with van der Waals surface area (Å²) in [4.78, 5) is 0. The number of allylic oxidation sites excluding steroid dienone is 2. The van der Waals surface area contributed by atoms with Crippen molar-refractivity contribution < 1.29 is 23.2 Å². The van der Waals surface area contributed by atoms with Crippen LogP contribution in [0.25, 0.3) is 23.3 Å². The van der Waals surface area contributed by atoms with Gasteiger partial charge in [0.2, 0.25) is 0 Å². The van der Waals surface area contributed by atoms with Crippen molar-refractivity contribution in [3.63, 3.8) is 0 Å². The van der Waals surface area contributed by atoms with Crippen molar-refractivity contribution in [2.75, 3.05) is 0 Å². The number of benzene rings is 3. The van der Waals surface area contributed by atoms with Gasteiger partial charge < -0.3 is 0 Å². The number of rotatable bonds is 4. The molecular weight excluding hydrogens is 492 g/mol. The zero-order valence-electron chi connectivity index (χ0n) is 19.9. The van der Waals surface area contributed by atoms with Gasteiger partial charge in [-0.3, -0.25) is 0 Å². The SMILES string of the molecule is C1CC[SiH2]C1.[CH3][Zr][CH](C1C=Cc2c(-c3ccccc3)cccc21)C1C(C)=Cc2ccccc21. The molecule has 0 nitrogen and oxygen atoms in total. The second-order valence-corrected chi connectivity index (χ2v) is 14.8. The predicted molar refractivity (Wildman–Crippen MR) is 143 cm³/mol. The van der Waals surface area contributed by atoms with Crippen LogP contribution < -0.4 is 0 Å². The van der Waals surface area contributed by atoms with Gasteiger partial charge in [0, 0.05) is 9.52 Å². The average molecular weight is 526 g/mol. The van der Waals surface area contributed by atoms with E-state index < -0.39 is 23.2 Å². The molecule has 0 N–H and O–H groups in total. The van der Waals surface area contributed by atoms with Crippen molar-refractivity contribution in [1.82, 2.24) is 0 Å². The zero-order valence-corrected chi connectivity index (χ0v) is 23.8. The quantitative estimate of drug-likeness (QED) is 0.300. The van der Waals surface area contributed by atoms with E-state index in [1.807, 2.05) is 0 Å². The second-order valence-electron chi connectivity index (χ2n) is 9.64. The third-order valence-corrected chi connectivity index (χ3v) is 12.9. The summed E-state index contributed by atoms with van der Waals surface area (Å²) in [5.41, 5.74) is 10.2. The summed E-state index contributed by atoms with van der Waals surface area (Å²) in [6.45, 7) is 2.34. The number of hydrogen-bond acceptors (Lipinski definition) is 0. The minimum atomic E-state index is -0.519. The van der Waals surface area contributed by atoms with E-state index in [0.717, 1.165) is 3.63 Å². The number of fused-ring (bicyclic) bond motifs is 2. The van der Waals surface area contributed by atoms with E-state index in [2.05, 4.69) is 103 Å². The van der Waals surface area contributed by atoms with Crippen LogP contribution in [-0.2, 0) is 23.2 Å². The Morgan fingerprint density at radius 2 is 1.58 bits per heavy atom. The summed E-state index contributed by atoms with van der Waals surface area (Å²) in [6, 6.07) is 30.0. The maximum atomic E-state index is 2.52. The third-order valence-electron chi connectivity index (χ3n) is 7.59. The molecule has 3 atom stereocenters. The first-order chi connectivity index (χ1) is 16.3. The van der Waals surface area contributed by atoms with Crippen molar-refractivity contribution >= 4 is 21.7 Å². The summed E-state index contributed by atoms with van der Waals surface area (Å²) in [6.07, 6.45) is 10.4. The van der Waals surface area contributed by atoms with Gasteiger partial charge in [-0.05, 0) is 0 Å². The molecule has 1 aliphatic heterocycles. The van der Waals surface area contributed by atoms with E-state index in [1.165, 1.54) is 27.8 Å². The van der Waals surface area contributed by atoms with Crippen molar-refractivity contribution in [3.05, 3.63) is 107 Å². The Kier molecular flexibility index (Phi) is 7.43. The summed E-state index contributed by atoms with van der Waals surface area (Å²) in [7, 11) is 0.543. The van der Waals surface area contributed by atoms with E-state index in [1.54, 1.807) is 36.1 Å². The van der Waals surface area contributed by atoms with E-state index in [0.29, 0.717) is 21.4 Å². The van der Waals surface area contributed by atoms with Crippen LogP contribution in [-0.4, -0.2) is 9.52 Å². The Hall–Kier alpha value is -1.76. The zero-order chi connectivity index (χ0) is 22.6. The van der Waals surface area contributed by atoms with Crippen LogP contribution in [0.1, 0.15) is 53.9 Å². The van der Waals surface area contributed by atoms with Crippen molar-refractivity contribution in [2.45, 2.75) is 51.9 Å². The van der Waals surface area contributed by atoms with Crippen LogP contribution in [0.4, 0.5) is 0 Å². The van der Waals surface area contributed by atoms with Crippen LogP contribution in [0.2, 0.25) is 20.3 Å². The van der Waals surface area contributed by atoms with E-state index in [9.17, 15) is 0 Å². The Bertz CT molecular complexity index is 1150. The van der Waals surface area contributed by atoms with Crippen LogP contribution >= 0.6 is 0 Å². The predicted octanol–water partition coefficient (Wildman–Crippen LogP) is 8.37. The Balaban J connectivity index is 0.000000406. The summed E-state index contributed by atoms with van der Waals surface area (Å²) in [5, 5.41) is 0. The number of hydrogen-bond donors (Lipinski definition) is 0. The fourth-order valence-electron chi connectivity index (χ4n) is 5.97. The molecule has 3 unspecified atom stereocenters. The molecular formula is C31H34SiZr. The van der Waals surface area contributed by atoms with Crippen LogP contribution in [0.15, 0.2) is 84.4 Å². The van der Waals surface area contributed by atoms with Crippen LogP contribution in [0.5, 0.6) is 0 Å². The van der Waals surface area contributed by atoms with Gasteiger partial charge in [0.15, 0.2) is 0 Å². The van der Waals surface area contributed by atoms with Gasteiger partial charge in [-0.15, -0.1) is 0 Å². The molecule has 0 spiro atoms. The first-order valence-corrected chi connectivity index (χ1v) is 18.5. The van der Waals surface area contributed by atoms with Gasteiger partial charge >= 0.3 is 180 Å². The summed E-state index contributed by atoms with van der Waals surface area (Å²) < 4.78 is 3.28.